The second-order valence-corrected chi connectivity index (χ2v) is 24.5. The van der Waals surface area contributed by atoms with E-state index in [-0.39, 0.29) is 31.1 Å². The first kappa shape index (κ1) is 75.4. The van der Waals surface area contributed by atoms with Crippen molar-refractivity contribution in [3.05, 3.63) is 0 Å². The fourth-order valence-corrected chi connectivity index (χ4v) is 11.3. The lowest BCUT2D eigenvalue weighted by Crippen LogP contribution is -2.30. The van der Waals surface area contributed by atoms with Gasteiger partial charge >= 0.3 is 17.9 Å². The van der Waals surface area contributed by atoms with E-state index in [0.717, 1.165) is 57.8 Å². The number of hydrogen-bond donors (Lipinski definition) is 0. The summed E-state index contributed by atoms with van der Waals surface area (Å²) in [6.07, 6.45) is 78.7. The van der Waals surface area contributed by atoms with Gasteiger partial charge in [0.2, 0.25) is 0 Å². The molecule has 0 saturated heterocycles. The normalized spacial score (nSPS) is 11.9. The van der Waals surface area contributed by atoms with Crippen molar-refractivity contribution in [3.63, 3.8) is 0 Å². The van der Waals surface area contributed by atoms with Crippen LogP contribution in [0.4, 0.5) is 0 Å². The molecular formula is C71H138O6. The van der Waals surface area contributed by atoms with E-state index < -0.39 is 6.10 Å². The average Bonchev–Trinajstić information content (AvgIpc) is 3.43. The van der Waals surface area contributed by atoms with Crippen molar-refractivity contribution in [2.75, 3.05) is 13.2 Å². The minimum atomic E-state index is -0.762. The van der Waals surface area contributed by atoms with Crippen LogP contribution in [0.1, 0.15) is 419 Å². The van der Waals surface area contributed by atoms with Crippen molar-refractivity contribution < 1.29 is 28.6 Å². The minimum Gasteiger partial charge on any atom is -0.462 e. The fourth-order valence-electron chi connectivity index (χ4n) is 11.3. The highest BCUT2D eigenvalue weighted by Gasteiger charge is 2.19. The molecule has 1 unspecified atom stereocenters. The third-order valence-electron chi connectivity index (χ3n) is 16.6. The molecule has 0 saturated carbocycles. The zero-order chi connectivity index (χ0) is 55.7. The Labute approximate surface area is 482 Å². The zero-order valence-corrected chi connectivity index (χ0v) is 52.8. The predicted molar refractivity (Wildman–Crippen MR) is 335 cm³/mol. The van der Waals surface area contributed by atoms with Crippen LogP contribution in [-0.2, 0) is 28.6 Å². The number of esters is 3. The average molecular weight is 1090 g/mol. The van der Waals surface area contributed by atoms with E-state index in [0.29, 0.717) is 19.3 Å². The molecular weight excluding hydrogens is 949 g/mol. The molecule has 0 amide bonds. The van der Waals surface area contributed by atoms with Crippen LogP contribution in [0.3, 0.4) is 0 Å². The van der Waals surface area contributed by atoms with E-state index in [2.05, 4.69) is 20.8 Å². The van der Waals surface area contributed by atoms with Crippen LogP contribution >= 0.6 is 0 Å². The monoisotopic (exact) mass is 1090 g/mol. The van der Waals surface area contributed by atoms with Gasteiger partial charge in [-0.2, -0.15) is 0 Å². The SMILES string of the molecule is CCCCCCCCCCCCCCCCCCCCCCCCCCCCCCCCCCC(=O)OCC(COC(=O)CCCCCCCCCCCCCCC)OC(=O)CCCCCCCCCCCCCCCC. The van der Waals surface area contributed by atoms with Crippen LogP contribution in [0.2, 0.25) is 0 Å². The molecule has 0 aliphatic rings. The third kappa shape index (κ3) is 65.1. The summed E-state index contributed by atoms with van der Waals surface area (Å²) in [4.78, 5) is 38.3. The molecule has 458 valence electrons. The van der Waals surface area contributed by atoms with Gasteiger partial charge in [-0.25, -0.2) is 0 Å². The molecule has 0 radical (unpaired) electrons. The van der Waals surface area contributed by atoms with Gasteiger partial charge in [0, 0.05) is 19.3 Å². The maximum absolute atomic E-state index is 12.9. The second kappa shape index (κ2) is 66.9. The van der Waals surface area contributed by atoms with E-state index in [4.69, 9.17) is 14.2 Å². The van der Waals surface area contributed by atoms with Gasteiger partial charge in [-0.3, -0.25) is 14.4 Å². The van der Waals surface area contributed by atoms with Crippen molar-refractivity contribution in [2.24, 2.45) is 0 Å². The summed E-state index contributed by atoms with van der Waals surface area (Å²) in [5.74, 6) is -0.824. The fraction of sp³-hybridized carbons (Fsp3) is 0.958. The van der Waals surface area contributed by atoms with Crippen LogP contribution in [0.15, 0.2) is 0 Å². The van der Waals surface area contributed by atoms with E-state index in [9.17, 15) is 14.4 Å². The molecule has 0 heterocycles. The third-order valence-corrected chi connectivity index (χ3v) is 16.6. The number of unbranched alkanes of at least 4 members (excludes halogenated alkanes) is 56. The Morgan fingerprint density at radius 1 is 0.208 bits per heavy atom. The Kier molecular flexibility index (Phi) is 65.5. The quantitative estimate of drug-likeness (QED) is 0.0343. The van der Waals surface area contributed by atoms with Gasteiger partial charge in [0.25, 0.3) is 0 Å². The van der Waals surface area contributed by atoms with Gasteiger partial charge in [-0.1, -0.05) is 380 Å². The standard InChI is InChI=1S/C71H138O6/c1-4-7-10-13-16-19-22-25-27-28-29-30-31-32-33-34-35-36-37-38-39-40-41-42-43-44-47-49-52-55-58-61-64-70(73)76-67-68(66-75-69(72)63-60-57-54-51-48-45-24-21-18-15-12-9-6-3)77-71(74)65-62-59-56-53-50-46-26-23-20-17-14-11-8-5-2/h68H,4-67H2,1-3H3. The molecule has 0 aromatic heterocycles. The van der Waals surface area contributed by atoms with Crippen LogP contribution < -0.4 is 0 Å². The first-order valence-corrected chi connectivity index (χ1v) is 35.5. The molecule has 0 aromatic rings. The number of carbonyl (C=O) groups excluding carboxylic acids is 3. The largest absolute Gasteiger partial charge is 0.462 e. The summed E-state index contributed by atoms with van der Waals surface area (Å²) in [7, 11) is 0. The highest BCUT2D eigenvalue weighted by atomic mass is 16.6. The highest BCUT2D eigenvalue weighted by molar-refractivity contribution is 5.71. The Morgan fingerprint density at radius 3 is 0.519 bits per heavy atom. The molecule has 0 bridgehead atoms. The topological polar surface area (TPSA) is 78.9 Å². The molecule has 6 nitrogen and oxygen atoms in total. The van der Waals surface area contributed by atoms with Crippen LogP contribution in [0.25, 0.3) is 0 Å². The molecule has 0 fully saturated rings. The molecule has 0 aliphatic carbocycles. The van der Waals surface area contributed by atoms with Crippen LogP contribution in [-0.4, -0.2) is 37.2 Å². The first-order valence-electron chi connectivity index (χ1n) is 35.5. The smallest absolute Gasteiger partial charge is 0.306 e. The van der Waals surface area contributed by atoms with E-state index >= 15 is 0 Å². The molecule has 6 heteroatoms. The van der Waals surface area contributed by atoms with E-state index in [1.807, 2.05) is 0 Å². The summed E-state index contributed by atoms with van der Waals surface area (Å²) in [5, 5.41) is 0. The lowest BCUT2D eigenvalue weighted by atomic mass is 10.0. The van der Waals surface area contributed by atoms with Crippen molar-refractivity contribution >= 4 is 17.9 Å². The number of hydrogen-bond acceptors (Lipinski definition) is 6. The lowest BCUT2D eigenvalue weighted by Gasteiger charge is -2.18. The van der Waals surface area contributed by atoms with Gasteiger partial charge in [0.05, 0.1) is 0 Å². The van der Waals surface area contributed by atoms with Crippen LogP contribution in [0.5, 0.6) is 0 Å². The van der Waals surface area contributed by atoms with Crippen LogP contribution in [0, 0.1) is 0 Å². The predicted octanol–water partition coefficient (Wildman–Crippen LogP) is 24.2. The number of carbonyl (C=O) groups is 3. The maximum atomic E-state index is 12.9. The number of rotatable bonds is 67. The Morgan fingerprint density at radius 2 is 0.351 bits per heavy atom. The minimum absolute atomic E-state index is 0.0606. The summed E-state index contributed by atoms with van der Waals surface area (Å²) in [6, 6.07) is 0. The van der Waals surface area contributed by atoms with Crippen molar-refractivity contribution in [2.45, 2.75) is 425 Å². The molecule has 0 spiro atoms. The van der Waals surface area contributed by atoms with Gasteiger partial charge < -0.3 is 14.2 Å². The first-order chi connectivity index (χ1) is 38.0. The Bertz CT molecular complexity index is 1160. The maximum Gasteiger partial charge on any atom is 0.306 e. The van der Waals surface area contributed by atoms with Crippen molar-refractivity contribution in [1.82, 2.24) is 0 Å². The lowest BCUT2D eigenvalue weighted by molar-refractivity contribution is -0.167. The summed E-state index contributed by atoms with van der Waals surface area (Å²) in [5.41, 5.74) is 0. The van der Waals surface area contributed by atoms with Gasteiger partial charge in [0.1, 0.15) is 13.2 Å². The summed E-state index contributed by atoms with van der Waals surface area (Å²) >= 11 is 0. The van der Waals surface area contributed by atoms with Gasteiger partial charge in [-0.15, -0.1) is 0 Å². The van der Waals surface area contributed by atoms with E-state index in [1.165, 1.54) is 321 Å². The molecule has 0 aromatic carbocycles. The van der Waals surface area contributed by atoms with Crippen molar-refractivity contribution in [1.29, 1.82) is 0 Å². The summed E-state index contributed by atoms with van der Waals surface area (Å²) in [6.45, 7) is 6.73. The molecule has 77 heavy (non-hydrogen) atoms. The second-order valence-electron chi connectivity index (χ2n) is 24.5. The molecule has 0 rings (SSSR count). The zero-order valence-electron chi connectivity index (χ0n) is 52.8. The van der Waals surface area contributed by atoms with Gasteiger partial charge in [0.15, 0.2) is 6.10 Å². The Hall–Kier alpha value is -1.59. The molecule has 0 N–H and O–H groups in total. The van der Waals surface area contributed by atoms with Gasteiger partial charge in [-0.05, 0) is 19.3 Å². The molecule has 1 atom stereocenters. The highest BCUT2D eigenvalue weighted by Crippen LogP contribution is 2.19. The van der Waals surface area contributed by atoms with E-state index in [1.54, 1.807) is 0 Å². The van der Waals surface area contributed by atoms with Crippen molar-refractivity contribution in [3.8, 4) is 0 Å². The molecule has 0 aliphatic heterocycles. The Balaban J connectivity index is 4.03. The summed E-state index contributed by atoms with van der Waals surface area (Å²) < 4.78 is 17.0. The number of ether oxygens (including phenoxy) is 3.